The number of nitrogens with zero attached hydrogens (tertiary/aromatic N) is 3. The highest BCUT2D eigenvalue weighted by Crippen LogP contribution is 2.40. The Hall–Kier alpha value is -4.37. The van der Waals surface area contributed by atoms with Crippen LogP contribution in [0.5, 0.6) is 5.75 Å². The topological polar surface area (TPSA) is 78.4 Å². The van der Waals surface area contributed by atoms with Crippen molar-refractivity contribution in [2.45, 2.75) is 18.8 Å². The molecule has 2 aliphatic rings. The highest BCUT2D eigenvalue weighted by Gasteiger charge is 2.49. The van der Waals surface area contributed by atoms with Crippen LogP contribution in [0.2, 0.25) is 0 Å². The molecular formula is C27H20F2N4O3. The second kappa shape index (κ2) is 8.69. The minimum absolute atomic E-state index is 0.0427. The van der Waals surface area contributed by atoms with Gasteiger partial charge >= 0.3 is 6.29 Å². The van der Waals surface area contributed by atoms with E-state index in [-0.39, 0.29) is 5.76 Å². The van der Waals surface area contributed by atoms with E-state index in [1.54, 1.807) is 37.7 Å². The first-order chi connectivity index (χ1) is 17.5. The lowest BCUT2D eigenvalue weighted by Gasteiger charge is -2.18. The van der Waals surface area contributed by atoms with Crippen molar-refractivity contribution in [3.05, 3.63) is 90.6 Å². The summed E-state index contributed by atoms with van der Waals surface area (Å²) in [7, 11) is 1.62. The summed E-state index contributed by atoms with van der Waals surface area (Å²) in [6, 6.07) is 17.2. The van der Waals surface area contributed by atoms with Gasteiger partial charge in [-0.2, -0.15) is 0 Å². The number of nitrogens with one attached hydrogen (secondary N) is 1. The van der Waals surface area contributed by atoms with Gasteiger partial charge in [0.25, 0.3) is 0 Å². The standard InChI is InChI=1S/C27H20F2N4O3/c1-34-19-7-2-5-16(13-19)17-10-11-21-20(14-17)26(33-25(31-21)18-6-4-12-30-15-18)32-22-8-3-9-23-24(22)36-27(28,29)35-23/h2-8,10-15,23H,9H2,1H3,(H,31,32,33). The third kappa shape index (κ3) is 4.14. The quantitative estimate of drug-likeness (QED) is 0.375. The van der Waals surface area contributed by atoms with Crippen molar-refractivity contribution >= 4 is 16.7 Å². The van der Waals surface area contributed by atoms with Gasteiger partial charge in [0.15, 0.2) is 11.6 Å². The summed E-state index contributed by atoms with van der Waals surface area (Å²) in [5.41, 5.74) is 3.62. The number of methoxy groups -OCH3 is 1. The summed E-state index contributed by atoms with van der Waals surface area (Å²) >= 11 is 0. The van der Waals surface area contributed by atoms with Crippen LogP contribution in [0.15, 0.2) is 90.6 Å². The lowest BCUT2D eigenvalue weighted by molar-refractivity contribution is -0.341. The smallest absolute Gasteiger partial charge is 0.497 e. The number of alkyl halides is 2. The molecule has 3 heterocycles. The first-order valence-corrected chi connectivity index (χ1v) is 11.3. The molecule has 0 bridgehead atoms. The Balaban J connectivity index is 1.50. The number of aromatic nitrogens is 3. The summed E-state index contributed by atoms with van der Waals surface area (Å²) in [4.78, 5) is 13.6. The molecule has 9 heteroatoms. The molecular weight excluding hydrogens is 466 g/mol. The Labute approximate surface area is 205 Å². The number of anilines is 1. The number of fused-ring (bicyclic) bond motifs is 2. The predicted octanol–water partition coefficient (Wildman–Crippen LogP) is 5.92. The van der Waals surface area contributed by atoms with E-state index in [0.29, 0.717) is 34.7 Å². The van der Waals surface area contributed by atoms with Crippen molar-refractivity contribution in [2.24, 2.45) is 0 Å². The van der Waals surface area contributed by atoms with Crippen molar-refractivity contribution in [1.82, 2.24) is 15.0 Å². The monoisotopic (exact) mass is 486 g/mol. The fraction of sp³-hybridized carbons (Fsp3) is 0.148. The van der Waals surface area contributed by atoms with Crippen LogP contribution in [-0.2, 0) is 9.47 Å². The van der Waals surface area contributed by atoms with Crippen LogP contribution < -0.4 is 10.1 Å². The average Bonchev–Trinajstić information content (AvgIpc) is 3.23. The minimum atomic E-state index is -3.67. The van der Waals surface area contributed by atoms with Crippen LogP contribution in [0, 0.1) is 0 Å². The SMILES string of the molecule is COc1cccc(-c2ccc3nc(-c4cccnc4)nc(NC4=C5OC(F)(F)OC5CC=C4)c3c2)c1. The van der Waals surface area contributed by atoms with E-state index in [1.165, 1.54) is 0 Å². The number of benzene rings is 2. The van der Waals surface area contributed by atoms with Crippen LogP contribution in [0.25, 0.3) is 33.4 Å². The van der Waals surface area contributed by atoms with Gasteiger partial charge in [-0.25, -0.2) is 9.97 Å². The molecule has 180 valence electrons. The molecule has 0 spiro atoms. The van der Waals surface area contributed by atoms with E-state index >= 15 is 0 Å². The van der Waals surface area contributed by atoms with Gasteiger partial charge in [-0.15, -0.1) is 8.78 Å². The maximum absolute atomic E-state index is 13.8. The van der Waals surface area contributed by atoms with Crippen LogP contribution in [0.3, 0.4) is 0 Å². The third-order valence-corrected chi connectivity index (χ3v) is 5.97. The van der Waals surface area contributed by atoms with Gasteiger partial charge in [-0.05, 0) is 60.0 Å². The van der Waals surface area contributed by atoms with Crippen molar-refractivity contribution in [3.8, 4) is 28.3 Å². The van der Waals surface area contributed by atoms with Crippen molar-refractivity contribution in [1.29, 1.82) is 0 Å². The third-order valence-electron chi connectivity index (χ3n) is 5.97. The van der Waals surface area contributed by atoms with Gasteiger partial charge in [-0.1, -0.05) is 24.3 Å². The Morgan fingerprint density at radius 3 is 2.72 bits per heavy atom. The van der Waals surface area contributed by atoms with E-state index in [4.69, 9.17) is 24.2 Å². The second-order valence-corrected chi connectivity index (χ2v) is 8.31. The molecule has 7 nitrogen and oxygen atoms in total. The number of hydrogen-bond donors (Lipinski definition) is 1. The average molecular weight is 486 g/mol. The zero-order chi connectivity index (χ0) is 24.7. The number of allylic oxidation sites excluding steroid dienone is 1. The molecule has 1 aliphatic heterocycles. The molecule has 1 atom stereocenters. The van der Waals surface area contributed by atoms with E-state index in [2.05, 4.69) is 10.3 Å². The molecule has 1 N–H and O–H groups in total. The lowest BCUT2D eigenvalue weighted by atomic mass is 10.0. The van der Waals surface area contributed by atoms with E-state index < -0.39 is 12.4 Å². The molecule has 1 saturated heterocycles. The number of halogens is 2. The Morgan fingerprint density at radius 1 is 1.03 bits per heavy atom. The van der Waals surface area contributed by atoms with Gasteiger partial charge in [0.2, 0.25) is 0 Å². The molecule has 6 rings (SSSR count). The first kappa shape index (κ1) is 22.1. The summed E-state index contributed by atoms with van der Waals surface area (Å²) in [5.74, 6) is 1.67. The molecule has 0 radical (unpaired) electrons. The van der Waals surface area contributed by atoms with Crippen molar-refractivity contribution < 1.29 is 23.0 Å². The molecule has 0 amide bonds. The van der Waals surface area contributed by atoms with E-state index in [0.717, 1.165) is 22.4 Å². The molecule has 2 aromatic heterocycles. The fourth-order valence-corrected chi connectivity index (χ4v) is 4.27. The van der Waals surface area contributed by atoms with Crippen LogP contribution in [0.4, 0.5) is 14.6 Å². The molecule has 1 unspecified atom stereocenters. The highest BCUT2D eigenvalue weighted by atomic mass is 19.3. The first-order valence-electron chi connectivity index (χ1n) is 11.3. The van der Waals surface area contributed by atoms with Gasteiger partial charge in [0.05, 0.1) is 18.3 Å². The van der Waals surface area contributed by atoms with E-state index in [1.807, 2.05) is 48.5 Å². The summed E-state index contributed by atoms with van der Waals surface area (Å²) in [5, 5.41) is 3.91. The second-order valence-electron chi connectivity index (χ2n) is 8.31. The van der Waals surface area contributed by atoms with Gasteiger partial charge in [0.1, 0.15) is 17.7 Å². The largest absolute Gasteiger partial charge is 0.535 e. The highest BCUT2D eigenvalue weighted by molar-refractivity contribution is 5.94. The lowest BCUT2D eigenvalue weighted by Crippen LogP contribution is -2.18. The minimum Gasteiger partial charge on any atom is -0.497 e. The normalized spacial score (nSPS) is 18.1. The molecule has 36 heavy (non-hydrogen) atoms. The zero-order valence-corrected chi connectivity index (χ0v) is 19.1. The number of pyridine rings is 1. The van der Waals surface area contributed by atoms with Crippen LogP contribution in [-0.4, -0.2) is 34.5 Å². The summed E-state index contributed by atoms with van der Waals surface area (Å²) in [6.45, 7) is 0. The molecule has 1 fully saturated rings. The van der Waals surface area contributed by atoms with Gasteiger partial charge in [0, 0.05) is 23.3 Å². The van der Waals surface area contributed by atoms with Crippen LogP contribution in [0.1, 0.15) is 6.42 Å². The van der Waals surface area contributed by atoms with Crippen LogP contribution >= 0.6 is 0 Å². The maximum Gasteiger partial charge on any atom is 0.535 e. The number of ether oxygens (including phenoxy) is 3. The van der Waals surface area contributed by atoms with Gasteiger partial charge in [-0.3, -0.25) is 9.72 Å². The van der Waals surface area contributed by atoms with Gasteiger partial charge < -0.3 is 14.8 Å². The van der Waals surface area contributed by atoms with Crippen molar-refractivity contribution in [2.75, 3.05) is 12.4 Å². The summed E-state index contributed by atoms with van der Waals surface area (Å²) in [6.07, 6.45) is 2.54. The zero-order valence-electron chi connectivity index (χ0n) is 19.1. The number of rotatable bonds is 5. The van der Waals surface area contributed by atoms with Crippen molar-refractivity contribution in [3.63, 3.8) is 0 Å². The number of hydrogen-bond acceptors (Lipinski definition) is 7. The predicted molar refractivity (Wildman–Crippen MR) is 130 cm³/mol. The molecule has 4 aromatic rings. The Morgan fingerprint density at radius 2 is 1.89 bits per heavy atom. The summed E-state index contributed by atoms with van der Waals surface area (Å²) < 4.78 is 42.6. The maximum atomic E-state index is 13.8. The molecule has 2 aromatic carbocycles. The molecule has 0 saturated carbocycles. The molecule has 1 aliphatic carbocycles. The fourth-order valence-electron chi connectivity index (χ4n) is 4.27. The Kier molecular flexibility index (Phi) is 5.34. The van der Waals surface area contributed by atoms with E-state index in [9.17, 15) is 8.78 Å². The Bertz CT molecular complexity index is 1520.